The Kier molecular flexibility index (Phi) is 8.99. The van der Waals surface area contributed by atoms with Crippen molar-refractivity contribution in [3.05, 3.63) is 52.4 Å². The number of halogens is 1. The summed E-state index contributed by atoms with van der Waals surface area (Å²) in [5, 5.41) is 4.24. The number of hydrogen-bond acceptors (Lipinski definition) is 7. The van der Waals surface area contributed by atoms with E-state index in [0.29, 0.717) is 36.7 Å². The van der Waals surface area contributed by atoms with Crippen LogP contribution in [0.3, 0.4) is 0 Å². The molecule has 0 spiro atoms. The van der Waals surface area contributed by atoms with Crippen molar-refractivity contribution in [3.8, 4) is 0 Å². The molecule has 40 heavy (non-hydrogen) atoms. The molecule has 1 saturated carbocycles. The standard InChI is InChI=1S/C29H41ClN6O3S/c1-20-27(32-19-33-28(20)31-18-21-16-23(17-21)22-4-6-24(30)7-5-22)29(37)36-14-10-26(11-15-36)35-12-8-25(9-13-35)34(2)40(3,38)39/h4-7,19,21,23,25-26H,8-18H2,1-3H3,(H,31,32,33). The molecule has 1 N–H and O–H groups in total. The number of aromatic nitrogens is 2. The molecule has 2 aromatic rings. The summed E-state index contributed by atoms with van der Waals surface area (Å²) in [6.45, 7) is 5.95. The lowest BCUT2D eigenvalue weighted by Crippen LogP contribution is -2.52. The van der Waals surface area contributed by atoms with Crippen LogP contribution < -0.4 is 5.32 Å². The molecule has 3 fully saturated rings. The fourth-order valence-electron chi connectivity index (χ4n) is 6.46. The molecule has 0 unspecified atom stereocenters. The van der Waals surface area contributed by atoms with E-state index in [1.165, 1.54) is 22.5 Å². The first-order chi connectivity index (χ1) is 19.1. The normalized spacial score (nSPS) is 23.3. The van der Waals surface area contributed by atoms with E-state index >= 15 is 0 Å². The molecule has 3 heterocycles. The maximum atomic E-state index is 13.4. The van der Waals surface area contributed by atoms with Gasteiger partial charge in [0.2, 0.25) is 10.0 Å². The van der Waals surface area contributed by atoms with Crippen molar-refractivity contribution in [1.29, 1.82) is 0 Å². The van der Waals surface area contributed by atoms with Crippen molar-refractivity contribution in [2.24, 2.45) is 5.92 Å². The highest BCUT2D eigenvalue weighted by molar-refractivity contribution is 7.88. The molecular weight excluding hydrogens is 548 g/mol. The Morgan fingerprint density at radius 1 is 1.05 bits per heavy atom. The number of benzene rings is 1. The average Bonchev–Trinajstić information content (AvgIpc) is 2.93. The molecular formula is C29H41ClN6O3S. The van der Waals surface area contributed by atoms with Crippen molar-refractivity contribution in [2.45, 2.75) is 63.5 Å². The quantitative estimate of drug-likeness (QED) is 0.497. The number of nitrogens with one attached hydrogen (secondary N) is 1. The van der Waals surface area contributed by atoms with Crippen molar-refractivity contribution in [3.63, 3.8) is 0 Å². The van der Waals surface area contributed by atoms with E-state index in [1.807, 2.05) is 24.0 Å². The first-order valence-electron chi connectivity index (χ1n) is 14.4. The van der Waals surface area contributed by atoms with Gasteiger partial charge < -0.3 is 15.1 Å². The molecule has 0 radical (unpaired) electrons. The molecule has 2 saturated heterocycles. The number of nitrogens with zero attached hydrogens (tertiary/aromatic N) is 5. The van der Waals surface area contributed by atoms with Crippen LogP contribution in [0.25, 0.3) is 0 Å². The minimum absolute atomic E-state index is 0.0265. The van der Waals surface area contributed by atoms with Crippen LogP contribution in [0, 0.1) is 12.8 Å². The minimum Gasteiger partial charge on any atom is -0.369 e. The van der Waals surface area contributed by atoms with Crippen molar-refractivity contribution in [2.75, 3.05) is 51.3 Å². The molecule has 1 aliphatic carbocycles. The minimum atomic E-state index is -3.16. The number of carbonyl (C=O) groups excluding carboxylic acids is 1. The fraction of sp³-hybridized carbons (Fsp3) is 0.621. The number of anilines is 1. The van der Waals surface area contributed by atoms with Gasteiger partial charge in [-0.15, -0.1) is 0 Å². The van der Waals surface area contributed by atoms with E-state index in [2.05, 4.69) is 32.3 Å². The zero-order chi connectivity index (χ0) is 28.4. The Morgan fingerprint density at radius 3 is 2.33 bits per heavy atom. The van der Waals surface area contributed by atoms with Gasteiger partial charge in [0.1, 0.15) is 17.8 Å². The molecule has 2 aliphatic heterocycles. The van der Waals surface area contributed by atoms with E-state index in [9.17, 15) is 13.2 Å². The number of sulfonamides is 1. The lowest BCUT2D eigenvalue weighted by atomic mass is 9.71. The number of piperidine rings is 2. The summed E-state index contributed by atoms with van der Waals surface area (Å²) in [4.78, 5) is 26.6. The van der Waals surface area contributed by atoms with Crippen LogP contribution in [-0.4, -0.2) is 96.5 Å². The summed E-state index contributed by atoms with van der Waals surface area (Å²) in [5.41, 5.74) is 2.63. The van der Waals surface area contributed by atoms with E-state index in [1.54, 1.807) is 7.05 Å². The number of amides is 1. The van der Waals surface area contributed by atoms with Gasteiger partial charge in [-0.25, -0.2) is 22.7 Å². The molecule has 0 bridgehead atoms. The molecule has 0 atom stereocenters. The summed E-state index contributed by atoms with van der Waals surface area (Å²) in [5.74, 6) is 1.87. The maximum Gasteiger partial charge on any atom is 0.272 e. The monoisotopic (exact) mass is 588 g/mol. The Morgan fingerprint density at radius 2 is 1.70 bits per heavy atom. The Bertz CT molecular complexity index is 1290. The van der Waals surface area contributed by atoms with Gasteiger partial charge in [-0.05, 0) is 88.1 Å². The molecule has 3 aliphatic rings. The Balaban J connectivity index is 1.09. The van der Waals surface area contributed by atoms with E-state index in [-0.39, 0.29) is 11.9 Å². The van der Waals surface area contributed by atoms with E-state index in [4.69, 9.17) is 11.6 Å². The van der Waals surface area contributed by atoms with E-state index in [0.717, 1.165) is 74.6 Å². The summed E-state index contributed by atoms with van der Waals surface area (Å²) in [7, 11) is -1.48. The first-order valence-corrected chi connectivity index (χ1v) is 16.6. The van der Waals surface area contributed by atoms with Crippen molar-refractivity contribution < 1.29 is 13.2 Å². The third-order valence-electron chi connectivity index (χ3n) is 9.23. The molecule has 1 aromatic heterocycles. The summed E-state index contributed by atoms with van der Waals surface area (Å²) in [6.07, 6.45) is 8.56. The molecule has 1 aromatic carbocycles. The van der Waals surface area contributed by atoms with Gasteiger partial charge in [-0.3, -0.25) is 4.79 Å². The largest absolute Gasteiger partial charge is 0.369 e. The van der Waals surface area contributed by atoms with E-state index < -0.39 is 10.0 Å². The van der Waals surface area contributed by atoms with Gasteiger partial charge in [0.05, 0.1) is 6.26 Å². The predicted molar refractivity (Wildman–Crippen MR) is 158 cm³/mol. The Labute approximate surface area is 243 Å². The number of carbonyl (C=O) groups is 1. The third-order valence-corrected chi connectivity index (χ3v) is 10.8. The third kappa shape index (κ3) is 6.61. The highest BCUT2D eigenvalue weighted by atomic mass is 35.5. The van der Waals surface area contributed by atoms with Crippen LogP contribution >= 0.6 is 11.6 Å². The summed E-state index contributed by atoms with van der Waals surface area (Å²) >= 11 is 6.02. The summed E-state index contributed by atoms with van der Waals surface area (Å²) in [6, 6.07) is 8.66. The lowest BCUT2D eigenvalue weighted by Gasteiger charge is -2.43. The average molecular weight is 589 g/mol. The van der Waals surface area contributed by atoms with Gasteiger partial charge >= 0.3 is 0 Å². The van der Waals surface area contributed by atoms with Gasteiger partial charge in [0.15, 0.2) is 0 Å². The maximum absolute atomic E-state index is 13.4. The summed E-state index contributed by atoms with van der Waals surface area (Å²) < 4.78 is 25.3. The number of hydrogen-bond donors (Lipinski definition) is 1. The number of likely N-dealkylation sites (tertiary alicyclic amines) is 2. The first kappa shape index (κ1) is 29.2. The molecule has 218 valence electrons. The van der Waals surface area contributed by atoms with Crippen LogP contribution in [0.4, 0.5) is 5.82 Å². The molecule has 1 amide bonds. The number of rotatable bonds is 8. The topological polar surface area (TPSA) is 98.7 Å². The molecule has 9 nitrogen and oxygen atoms in total. The second-order valence-electron chi connectivity index (χ2n) is 11.7. The Hall–Kier alpha value is -2.27. The predicted octanol–water partition coefficient (Wildman–Crippen LogP) is 4.00. The van der Waals surface area contributed by atoms with Gasteiger partial charge in [0, 0.05) is 49.4 Å². The molecule has 11 heteroatoms. The highest BCUT2D eigenvalue weighted by Crippen LogP contribution is 2.41. The zero-order valence-corrected chi connectivity index (χ0v) is 25.3. The zero-order valence-electron chi connectivity index (χ0n) is 23.7. The lowest BCUT2D eigenvalue weighted by molar-refractivity contribution is 0.0542. The van der Waals surface area contributed by atoms with Crippen LogP contribution in [0.2, 0.25) is 5.02 Å². The van der Waals surface area contributed by atoms with Gasteiger partial charge in [-0.2, -0.15) is 0 Å². The SMILES string of the molecule is Cc1c(NCC2CC(c3ccc(Cl)cc3)C2)ncnc1C(=O)N1CCC(N2CCC(N(C)S(C)(=O)=O)CC2)CC1. The van der Waals surface area contributed by atoms with Crippen LogP contribution in [-0.2, 0) is 10.0 Å². The second-order valence-corrected chi connectivity index (χ2v) is 14.2. The van der Waals surface area contributed by atoms with Crippen molar-refractivity contribution in [1.82, 2.24) is 24.1 Å². The van der Waals surface area contributed by atoms with Crippen LogP contribution in [0.5, 0.6) is 0 Å². The van der Waals surface area contributed by atoms with Gasteiger partial charge in [0.25, 0.3) is 5.91 Å². The smallest absolute Gasteiger partial charge is 0.272 e. The van der Waals surface area contributed by atoms with Gasteiger partial charge in [-0.1, -0.05) is 23.7 Å². The van der Waals surface area contributed by atoms with Crippen LogP contribution in [0.1, 0.15) is 66.1 Å². The van der Waals surface area contributed by atoms with Crippen molar-refractivity contribution >= 4 is 33.3 Å². The highest BCUT2D eigenvalue weighted by Gasteiger charge is 2.34. The second kappa shape index (κ2) is 12.3. The fourth-order valence-corrected chi connectivity index (χ4v) is 7.34. The van der Waals surface area contributed by atoms with Crippen LogP contribution in [0.15, 0.2) is 30.6 Å². The molecule has 5 rings (SSSR count).